The molecule has 0 fully saturated rings. The molecule has 2 rings (SSSR count). The van der Waals surface area contributed by atoms with Crippen molar-refractivity contribution in [3.63, 3.8) is 0 Å². The van der Waals surface area contributed by atoms with Crippen LogP contribution in [0.25, 0.3) is 0 Å². The van der Waals surface area contributed by atoms with Gasteiger partial charge in [0.1, 0.15) is 0 Å². The van der Waals surface area contributed by atoms with E-state index in [2.05, 4.69) is 36.3 Å². The Hall–Kier alpha value is -2.33. The molecule has 0 aliphatic carbocycles. The second-order valence-electron chi connectivity index (χ2n) is 4.97. The van der Waals surface area contributed by atoms with E-state index in [1.54, 1.807) is 6.07 Å². The molecule has 0 saturated carbocycles. The standard InChI is InChI=1S/C17H21N3O/c1-3-20(16-10-5-4-7-13(16)2)12-14-8-6-9-15(11-14)17(21)19-18/h4-11H,3,12,18H2,1-2H3,(H,19,21). The molecule has 0 bridgehead atoms. The minimum absolute atomic E-state index is 0.268. The molecule has 0 atom stereocenters. The lowest BCUT2D eigenvalue weighted by Gasteiger charge is -2.25. The number of para-hydroxylation sites is 1. The molecule has 2 aromatic carbocycles. The van der Waals surface area contributed by atoms with Gasteiger partial charge in [-0.2, -0.15) is 0 Å². The Morgan fingerprint density at radius 2 is 1.95 bits per heavy atom. The van der Waals surface area contributed by atoms with Crippen molar-refractivity contribution < 1.29 is 4.79 Å². The van der Waals surface area contributed by atoms with Crippen LogP contribution in [0.1, 0.15) is 28.4 Å². The van der Waals surface area contributed by atoms with E-state index in [1.165, 1.54) is 11.3 Å². The van der Waals surface area contributed by atoms with Crippen molar-refractivity contribution in [2.75, 3.05) is 11.4 Å². The first-order chi connectivity index (χ1) is 10.2. The Morgan fingerprint density at radius 3 is 2.62 bits per heavy atom. The number of carbonyl (C=O) groups excluding carboxylic acids is 1. The Balaban J connectivity index is 2.23. The van der Waals surface area contributed by atoms with Crippen molar-refractivity contribution in [3.8, 4) is 0 Å². The van der Waals surface area contributed by atoms with Gasteiger partial charge in [-0.25, -0.2) is 5.84 Å². The highest BCUT2D eigenvalue weighted by Gasteiger charge is 2.09. The van der Waals surface area contributed by atoms with Gasteiger partial charge in [0, 0.05) is 24.3 Å². The number of carbonyl (C=O) groups is 1. The molecule has 0 heterocycles. The first kappa shape index (κ1) is 15.1. The summed E-state index contributed by atoms with van der Waals surface area (Å²) >= 11 is 0. The number of nitrogens with one attached hydrogen (secondary N) is 1. The zero-order valence-corrected chi connectivity index (χ0v) is 12.5. The van der Waals surface area contributed by atoms with Crippen molar-refractivity contribution in [2.45, 2.75) is 20.4 Å². The van der Waals surface area contributed by atoms with Crippen LogP contribution in [-0.2, 0) is 6.54 Å². The second-order valence-corrected chi connectivity index (χ2v) is 4.97. The fourth-order valence-corrected chi connectivity index (χ4v) is 2.40. The molecule has 0 aromatic heterocycles. The van der Waals surface area contributed by atoms with Gasteiger partial charge in [0.15, 0.2) is 0 Å². The normalized spacial score (nSPS) is 10.2. The highest BCUT2D eigenvalue weighted by Crippen LogP contribution is 2.21. The minimum atomic E-state index is -0.268. The Labute approximate surface area is 125 Å². The van der Waals surface area contributed by atoms with Gasteiger partial charge in [-0.3, -0.25) is 10.2 Å². The van der Waals surface area contributed by atoms with E-state index in [1.807, 2.05) is 30.3 Å². The predicted octanol–water partition coefficient (Wildman–Crippen LogP) is 2.63. The Bertz CT molecular complexity index is 625. The molecule has 2 aromatic rings. The number of rotatable bonds is 5. The van der Waals surface area contributed by atoms with Crippen LogP contribution in [0.15, 0.2) is 48.5 Å². The number of hydrogen-bond acceptors (Lipinski definition) is 3. The lowest BCUT2D eigenvalue weighted by molar-refractivity contribution is 0.0953. The van der Waals surface area contributed by atoms with Gasteiger partial charge < -0.3 is 4.90 Å². The average Bonchev–Trinajstić information content (AvgIpc) is 2.53. The minimum Gasteiger partial charge on any atom is -0.367 e. The topological polar surface area (TPSA) is 58.4 Å². The van der Waals surface area contributed by atoms with Crippen LogP contribution in [0, 0.1) is 6.92 Å². The van der Waals surface area contributed by atoms with Crippen LogP contribution in [0.2, 0.25) is 0 Å². The molecule has 0 unspecified atom stereocenters. The third-order valence-electron chi connectivity index (χ3n) is 3.53. The maximum atomic E-state index is 11.6. The highest BCUT2D eigenvalue weighted by molar-refractivity contribution is 5.93. The van der Waals surface area contributed by atoms with Crippen LogP contribution >= 0.6 is 0 Å². The summed E-state index contributed by atoms with van der Waals surface area (Å²) in [6.07, 6.45) is 0. The lowest BCUT2D eigenvalue weighted by atomic mass is 10.1. The number of hydrogen-bond donors (Lipinski definition) is 2. The SMILES string of the molecule is CCN(Cc1cccc(C(=O)NN)c1)c1ccccc1C. The molecule has 4 nitrogen and oxygen atoms in total. The predicted molar refractivity (Wildman–Crippen MR) is 86.0 cm³/mol. The molecular formula is C17H21N3O. The fourth-order valence-electron chi connectivity index (χ4n) is 2.40. The van der Waals surface area contributed by atoms with Crippen LogP contribution in [0.4, 0.5) is 5.69 Å². The molecule has 1 amide bonds. The van der Waals surface area contributed by atoms with Crippen LogP contribution in [0.5, 0.6) is 0 Å². The molecule has 4 heteroatoms. The van der Waals surface area contributed by atoms with Crippen molar-refractivity contribution in [2.24, 2.45) is 5.84 Å². The zero-order valence-electron chi connectivity index (χ0n) is 12.5. The smallest absolute Gasteiger partial charge is 0.265 e. The van der Waals surface area contributed by atoms with E-state index in [4.69, 9.17) is 5.84 Å². The Kier molecular flexibility index (Phi) is 4.95. The monoisotopic (exact) mass is 283 g/mol. The summed E-state index contributed by atoms with van der Waals surface area (Å²) in [6.45, 7) is 5.89. The van der Waals surface area contributed by atoms with E-state index < -0.39 is 0 Å². The first-order valence-corrected chi connectivity index (χ1v) is 7.06. The Morgan fingerprint density at radius 1 is 1.19 bits per heavy atom. The number of aryl methyl sites for hydroxylation is 1. The number of anilines is 1. The van der Waals surface area contributed by atoms with Crippen LogP contribution < -0.4 is 16.2 Å². The summed E-state index contributed by atoms with van der Waals surface area (Å²) in [7, 11) is 0. The van der Waals surface area contributed by atoms with Gasteiger partial charge in [-0.05, 0) is 43.2 Å². The van der Waals surface area contributed by atoms with Crippen molar-refractivity contribution in [1.82, 2.24) is 5.43 Å². The molecule has 0 radical (unpaired) electrons. The van der Waals surface area contributed by atoms with Crippen LogP contribution in [-0.4, -0.2) is 12.5 Å². The van der Waals surface area contributed by atoms with E-state index in [-0.39, 0.29) is 5.91 Å². The average molecular weight is 283 g/mol. The van der Waals surface area contributed by atoms with Crippen molar-refractivity contribution in [1.29, 1.82) is 0 Å². The van der Waals surface area contributed by atoms with E-state index in [0.717, 1.165) is 18.7 Å². The number of nitrogen functional groups attached to an aromatic ring is 1. The molecule has 0 saturated heterocycles. The van der Waals surface area contributed by atoms with Crippen molar-refractivity contribution >= 4 is 11.6 Å². The van der Waals surface area contributed by atoms with E-state index >= 15 is 0 Å². The molecular weight excluding hydrogens is 262 g/mol. The maximum absolute atomic E-state index is 11.6. The zero-order chi connectivity index (χ0) is 15.2. The third-order valence-corrected chi connectivity index (χ3v) is 3.53. The number of nitrogens with two attached hydrogens (primary N) is 1. The van der Waals surface area contributed by atoms with Crippen molar-refractivity contribution in [3.05, 3.63) is 65.2 Å². The summed E-state index contributed by atoms with van der Waals surface area (Å²) in [5.41, 5.74) is 6.29. The van der Waals surface area contributed by atoms with Gasteiger partial charge in [-0.15, -0.1) is 0 Å². The molecule has 0 spiro atoms. The third kappa shape index (κ3) is 3.61. The maximum Gasteiger partial charge on any atom is 0.265 e. The molecule has 21 heavy (non-hydrogen) atoms. The summed E-state index contributed by atoms with van der Waals surface area (Å²) in [5.74, 6) is 4.91. The summed E-state index contributed by atoms with van der Waals surface area (Å²) < 4.78 is 0. The lowest BCUT2D eigenvalue weighted by Crippen LogP contribution is -2.30. The summed E-state index contributed by atoms with van der Waals surface area (Å²) in [6, 6.07) is 15.9. The molecule has 0 aliphatic heterocycles. The second kappa shape index (κ2) is 6.90. The summed E-state index contributed by atoms with van der Waals surface area (Å²) in [4.78, 5) is 13.9. The first-order valence-electron chi connectivity index (χ1n) is 7.06. The highest BCUT2D eigenvalue weighted by atomic mass is 16.2. The van der Waals surface area contributed by atoms with Crippen LogP contribution in [0.3, 0.4) is 0 Å². The van der Waals surface area contributed by atoms with Gasteiger partial charge >= 0.3 is 0 Å². The van der Waals surface area contributed by atoms with E-state index in [0.29, 0.717) is 5.56 Å². The number of nitrogens with zero attached hydrogens (tertiary/aromatic N) is 1. The van der Waals surface area contributed by atoms with Gasteiger partial charge in [0.25, 0.3) is 5.91 Å². The van der Waals surface area contributed by atoms with Gasteiger partial charge in [0.05, 0.1) is 0 Å². The number of amides is 1. The number of benzene rings is 2. The number of hydrazine groups is 1. The molecule has 3 N–H and O–H groups in total. The fraction of sp³-hybridized carbons (Fsp3) is 0.235. The molecule has 0 aliphatic rings. The molecule has 110 valence electrons. The summed E-state index contributed by atoms with van der Waals surface area (Å²) in [5, 5.41) is 0. The largest absolute Gasteiger partial charge is 0.367 e. The van der Waals surface area contributed by atoms with E-state index in [9.17, 15) is 4.79 Å². The van der Waals surface area contributed by atoms with Gasteiger partial charge in [0.2, 0.25) is 0 Å². The quantitative estimate of drug-likeness (QED) is 0.504. The van der Waals surface area contributed by atoms with Gasteiger partial charge in [-0.1, -0.05) is 30.3 Å².